The van der Waals surface area contributed by atoms with E-state index in [0.717, 1.165) is 23.1 Å². The molecule has 0 radical (unpaired) electrons. The minimum atomic E-state index is -0.0153. The van der Waals surface area contributed by atoms with E-state index in [4.69, 9.17) is 0 Å². The van der Waals surface area contributed by atoms with Crippen LogP contribution in [0.5, 0.6) is 0 Å². The molecule has 1 amide bonds. The van der Waals surface area contributed by atoms with Gasteiger partial charge in [-0.2, -0.15) is 0 Å². The van der Waals surface area contributed by atoms with E-state index in [0.29, 0.717) is 11.7 Å². The van der Waals surface area contributed by atoms with Gasteiger partial charge in [-0.25, -0.2) is 0 Å². The smallest absolute Gasteiger partial charge is 0.230 e. The van der Waals surface area contributed by atoms with Gasteiger partial charge in [-0.15, -0.1) is 10.2 Å². The van der Waals surface area contributed by atoms with Crippen molar-refractivity contribution < 1.29 is 4.79 Å². The summed E-state index contributed by atoms with van der Waals surface area (Å²) in [6.07, 6.45) is 2.35. The fourth-order valence-electron chi connectivity index (χ4n) is 3.20. The number of nitrogens with zero attached hydrogens (tertiary/aromatic N) is 3. The van der Waals surface area contributed by atoms with E-state index in [2.05, 4.69) is 32.2 Å². The lowest BCUT2D eigenvalue weighted by atomic mass is 10.1. The Kier molecular flexibility index (Phi) is 5.76. The summed E-state index contributed by atoms with van der Waals surface area (Å²) in [4.78, 5) is 12.4. The Bertz CT molecular complexity index is 922. The van der Waals surface area contributed by atoms with E-state index in [1.54, 1.807) is 0 Å². The maximum atomic E-state index is 12.4. The van der Waals surface area contributed by atoms with Crippen molar-refractivity contribution >= 4 is 17.7 Å². The third-order valence-corrected chi connectivity index (χ3v) is 5.85. The predicted octanol–water partition coefficient (Wildman–Crippen LogP) is 4.17. The summed E-state index contributed by atoms with van der Waals surface area (Å²) in [6, 6.07) is 20.3. The molecule has 1 N–H and O–H groups in total. The molecule has 0 aliphatic heterocycles. The van der Waals surface area contributed by atoms with Gasteiger partial charge in [-0.05, 0) is 30.9 Å². The molecule has 0 saturated heterocycles. The van der Waals surface area contributed by atoms with Gasteiger partial charge in [-0.3, -0.25) is 4.79 Å². The molecule has 3 aromatic rings. The molecule has 1 fully saturated rings. The van der Waals surface area contributed by atoms with E-state index in [1.807, 2.05) is 55.5 Å². The van der Waals surface area contributed by atoms with Crippen LogP contribution in [-0.4, -0.2) is 26.4 Å². The maximum absolute atomic E-state index is 12.4. The molecule has 0 unspecified atom stereocenters. The van der Waals surface area contributed by atoms with Crippen LogP contribution >= 0.6 is 11.8 Å². The summed E-state index contributed by atoms with van der Waals surface area (Å²) in [7, 11) is 0. The molecule has 28 heavy (non-hydrogen) atoms. The Morgan fingerprint density at radius 1 is 1.11 bits per heavy atom. The molecule has 1 aliphatic rings. The van der Waals surface area contributed by atoms with Crippen LogP contribution in [0, 0.1) is 0 Å². The summed E-state index contributed by atoms with van der Waals surface area (Å²) in [6.45, 7) is 2.74. The first kappa shape index (κ1) is 18.7. The van der Waals surface area contributed by atoms with Crippen LogP contribution < -0.4 is 5.32 Å². The van der Waals surface area contributed by atoms with Crippen molar-refractivity contribution in [1.82, 2.24) is 20.1 Å². The van der Waals surface area contributed by atoms with Crippen LogP contribution in [0.25, 0.3) is 0 Å². The lowest BCUT2D eigenvalue weighted by molar-refractivity contribution is -0.119. The minimum absolute atomic E-state index is 0.00332. The first-order chi connectivity index (χ1) is 13.7. The van der Waals surface area contributed by atoms with Gasteiger partial charge in [0.2, 0.25) is 5.91 Å². The van der Waals surface area contributed by atoms with E-state index < -0.39 is 0 Å². The van der Waals surface area contributed by atoms with Crippen LogP contribution in [0.15, 0.2) is 65.8 Å². The fourth-order valence-corrected chi connectivity index (χ4v) is 3.96. The molecule has 0 bridgehead atoms. The lowest BCUT2D eigenvalue weighted by Crippen LogP contribution is -2.28. The molecule has 1 aliphatic carbocycles. The van der Waals surface area contributed by atoms with Crippen LogP contribution in [0.4, 0.5) is 0 Å². The molecule has 1 heterocycles. The second-order valence-corrected chi connectivity index (χ2v) is 8.12. The third-order valence-electron chi connectivity index (χ3n) is 4.88. The fraction of sp³-hybridized carbons (Fsp3) is 0.318. The van der Waals surface area contributed by atoms with Crippen LogP contribution in [0.3, 0.4) is 0 Å². The number of carbonyl (C=O) groups is 1. The Labute approximate surface area is 169 Å². The van der Waals surface area contributed by atoms with Crippen molar-refractivity contribution in [2.24, 2.45) is 0 Å². The number of benzene rings is 2. The Morgan fingerprint density at radius 3 is 2.46 bits per heavy atom. The average molecular weight is 393 g/mol. The molecule has 1 saturated carbocycles. The highest BCUT2D eigenvalue weighted by molar-refractivity contribution is 7.99. The molecular weight excluding hydrogens is 368 g/mol. The van der Waals surface area contributed by atoms with Crippen LogP contribution in [0.1, 0.15) is 48.7 Å². The van der Waals surface area contributed by atoms with Crippen molar-refractivity contribution in [3.05, 3.63) is 77.6 Å². The first-order valence-electron chi connectivity index (χ1n) is 9.65. The van der Waals surface area contributed by atoms with Gasteiger partial charge >= 0.3 is 0 Å². The number of hydrogen-bond donors (Lipinski definition) is 1. The second-order valence-electron chi connectivity index (χ2n) is 7.18. The number of carbonyl (C=O) groups excluding carboxylic acids is 1. The van der Waals surface area contributed by atoms with Crippen LogP contribution in [0.2, 0.25) is 0 Å². The van der Waals surface area contributed by atoms with Crippen molar-refractivity contribution in [3.63, 3.8) is 0 Å². The van der Waals surface area contributed by atoms with E-state index in [-0.39, 0.29) is 11.9 Å². The van der Waals surface area contributed by atoms with E-state index >= 15 is 0 Å². The number of amides is 1. The normalized spacial score (nSPS) is 14.6. The highest BCUT2D eigenvalue weighted by Gasteiger charge is 2.30. The highest BCUT2D eigenvalue weighted by atomic mass is 32.2. The molecule has 2 aromatic carbocycles. The minimum Gasteiger partial charge on any atom is -0.349 e. The Balaban J connectivity index is 1.41. The maximum Gasteiger partial charge on any atom is 0.230 e. The van der Waals surface area contributed by atoms with Gasteiger partial charge in [0.05, 0.1) is 18.3 Å². The molecule has 0 spiro atoms. The molecule has 1 atom stereocenters. The van der Waals surface area contributed by atoms with E-state index in [1.165, 1.54) is 30.2 Å². The van der Waals surface area contributed by atoms with Gasteiger partial charge in [0.1, 0.15) is 5.82 Å². The molecule has 4 rings (SSSR count). The zero-order chi connectivity index (χ0) is 19.3. The third kappa shape index (κ3) is 4.62. The zero-order valence-electron chi connectivity index (χ0n) is 15.9. The van der Waals surface area contributed by atoms with Crippen molar-refractivity contribution in [1.29, 1.82) is 0 Å². The van der Waals surface area contributed by atoms with Crippen molar-refractivity contribution in [2.75, 3.05) is 5.75 Å². The molecular formula is C22H24N4OS. The SMILES string of the molecule is C[C@H](NC(=O)CSc1nnc(C2CC2)n1Cc1ccccc1)c1ccccc1. The van der Waals surface area contributed by atoms with Gasteiger partial charge in [0.15, 0.2) is 5.16 Å². The number of thioether (sulfide) groups is 1. The number of nitrogens with one attached hydrogen (secondary N) is 1. The second kappa shape index (κ2) is 8.61. The topological polar surface area (TPSA) is 59.8 Å². The number of rotatable bonds is 8. The standard InChI is InChI=1S/C22H24N4OS/c1-16(18-10-6-3-7-11-18)23-20(27)15-28-22-25-24-21(19-12-13-19)26(22)14-17-8-4-2-5-9-17/h2-11,16,19H,12-15H2,1H3,(H,23,27)/t16-/m0/s1. The average Bonchev–Trinajstić information content (AvgIpc) is 3.49. The first-order valence-corrected chi connectivity index (χ1v) is 10.6. The summed E-state index contributed by atoms with van der Waals surface area (Å²) < 4.78 is 2.17. The molecule has 5 nitrogen and oxygen atoms in total. The summed E-state index contributed by atoms with van der Waals surface area (Å²) in [5.41, 5.74) is 2.32. The lowest BCUT2D eigenvalue weighted by Gasteiger charge is -2.14. The predicted molar refractivity (Wildman–Crippen MR) is 111 cm³/mol. The summed E-state index contributed by atoms with van der Waals surface area (Å²) in [5.74, 6) is 1.89. The van der Waals surface area contributed by atoms with Crippen LogP contribution in [-0.2, 0) is 11.3 Å². The van der Waals surface area contributed by atoms with Gasteiger partial charge in [0.25, 0.3) is 0 Å². The Morgan fingerprint density at radius 2 is 1.79 bits per heavy atom. The molecule has 1 aromatic heterocycles. The zero-order valence-corrected chi connectivity index (χ0v) is 16.7. The quantitative estimate of drug-likeness (QED) is 0.585. The monoisotopic (exact) mass is 392 g/mol. The van der Waals surface area contributed by atoms with Gasteiger partial charge in [-0.1, -0.05) is 72.4 Å². The molecule has 6 heteroatoms. The highest BCUT2D eigenvalue weighted by Crippen LogP contribution is 2.40. The summed E-state index contributed by atoms with van der Waals surface area (Å²) in [5, 5.41) is 12.7. The number of hydrogen-bond acceptors (Lipinski definition) is 4. The van der Waals surface area contributed by atoms with Crippen molar-refractivity contribution in [2.45, 2.75) is 43.4 Å². The molecule has 144 valence electrons. The van der Waals surface area contributed by atoms with Gasteiger partial charge < -0.3 is 9.88 Å². The number of aromatic nitrogens is 3. The summed E-state index contributed by atoms with van der Waals surface area (Å²) >= 11 is 1.45. The van der Waals surface area contributed by atoms with Crippen molar-refractivity contribution in [3.8, 4) is 0 Å². The van der Waals surface area contributed by atoms with Gasteiger partial charge in [0, 0.05) is 5.92 Å². The van der Waals surface area contributed by atoms with E-state index in [9.17, 15) is 4.79 Å². The largest absolute Gasteiger partial charge is 0.349 e. The Hall–Kier alpha value is -2.60.